The number of benzene rings is 3. The van der Waals surface area contributed by atoms with Crippen molar-refractivity contribution in [3.05, 3.63) is 113 Å². The number of rotatable bonds is 7. The van der Waals surface area contributed by atoms with E-state index in [2.05, 4.69) is 15.5 Å². The minimum Gasteiger partial charge on any atom is -0.343 e. The lowest BCUT2D eigenvalue weighted by molar-refractivity contribution is -0.137. The molecule has 5 nitrogen and oxygen atoms in total. The Bertz CT molecular complexity index is 1400. The van der Waals surface area contributed by atoms with Crippen molar-refractivity contribution in [1.29, 1.82) is 0 Å². The van der Waals surface area contributed by atoms with E-state index >= 15 is 0 Å². The predicted molar refractivity (Wildman–Crippen MR) is 128 cm³/mol. The molecule has 2 unspecified atom stereocenters. The number of nitrogens with one attached hydrogen (secondary N) is 1. The molecule has 0 fully saturated rings. The molecule has 8 heteroatoms. The lowest BCUT2D eigenvalue weighted by Crippen LogP contribution is -2.32. The van der Waals surface area contributed by atoms with Gasteiger partial charge in [-0.3, -0.25) is 4.79 Å². The second-order valence-corrected chi connectivity index (χ2v) is 8.68. The maximum Gasteiger partial charge on any atom is 0.416 e. The standard InChI is InChI=1S/C28H22F3N3O2/c1-17-23(19-10-6-3-7-11-19)24(17)26(35)32-22(16-18-8-4-2-5-9-18)27-33-25(34-36-27)20-12-14-21(15-13-20)28(29,30)31/h2-15,22,24H,16H2,1H3,(H,32,35). The molecule has 36 heavy (non-hydrogen) atoms. The van der Waals surface area contributed by atoms with Crippen LogP contribution in [0.4, 0.5) is 13.2 Å². The average molecular weight is 489 g/mol. The minimum atomic E-state index is -4.43. The normalized spacial score (nSPS) is 16.1. The molecule has 0 saturated carbocycles. The van der Waals surface area contributed by atoms with Gasteiger partial charge in [-0.25, -0.2) is 0 Å². The van der Waals surface area contributed by atoms with Crippen LogP contribution in [0.3, 0.4) is 0 Å². The average Bonchev–Trinajstić information content (AvgIpc) is 3.31. The molecule has 0 radical (unpaired) electrons. The van der Waals surface area contributed by atoms with Crippen LogP contribution < -0.4 is 5.32 Å². The first-order chi connectivity index (χ1) is 17.3. The van der Waals surface area contributed by atoms with Crippen molar-refractivity contribution < 1.29 is 22.5 Å². The van der Waals surface area contributed by atoms with Crippen LogP contribution in [0.15, 0.2) is 95.0 Å². The fourth-order valence-electron chi connectivity index (χ4n) is 4.28. The van der Waals surface area contributed by atoms with Crippen molar-refractivity contribution in [2.75, 3.05) is 0 Å². The Balaban J connectivity index is 1.37. The Labute approximate surface area is 205 Å². The van der Waals surface area contributed by atoms with Gasteiger partial charge in [0.2, 0.25) is 17.6 Å². The number of hydrogen-bond donors (Lipinski definition) is 1. The Morgan fingerprint density at radius 3 is 2.22 bits per heavy atom. The van der Waals surface area contributed by atoms with E-state index < -0.39 is 17.8 Å². The number of carbonyl (C=O) groups excluding carboxylic acids is 1. The highest BCUT2D eigenvalue weighted by Gasteiger charge is 2.41. The Morgan fingerprint density at radius 1 is 0.944 bits per heavy atom. The molecule has 182 valence electrons. The summed E-state index contributed by atoms with van der Waals surface area (Å²) in [4.78, 5) is 17.6. The summed E-state index contributed by atoms with van der Waals surface area (Å²) < 4.78 is 44.2. The van der Waals surface area contributed by atoms with E-state index in [4.69, 9.17) is 4.52 Å². The number of carbonyl (C=O) groups is 1. The van der Waals surface area contributed by atoms with Crippen molar-refractivity contribution in [3.63, 3.8) is 0 Å². The monoisotopic (exact) mass is 489 g/mol. The maximum atomic E-state index is 13.2. The first-order valence-electron chi connectivity index (χ1n) is 11.4. The van der Waals surface area contributed by atoms with Gasteiger partial charge in [-0.2, -0.15) is 18.2 Å². The molecule has 1 heterocycles. The molecule has 1 aliphatic carbocycles. The summed E-state index contributed by atoms with van der Waals surface area (Å²) in [5.74, 6) is -0.164. The minimum absolute atomic E-state index is 0.150. The van der Waals surface area contributed by atoms with Gasteiger partial charge in [0, 0.05) is 12.0 Å². The predicted octanol–water partition coefficient (Wildman–Crippen LogP) is 6.26. The van der Waals surface area contributed by atoms with Crippen LogP contribution >= 0.6 is 0 Å². The molecule has 1 aromatic heterocycles. The summed E-state index contributed by atoms with van der Waals surface area (Å²) in [6, 6.07) is 23.2. The van der Waals surface area contributed by atoms with Crippen LogP contribution in [-0.4, -0.2) is 16.0 Å². The summed E-state index contributed by atoms with van der Waals surface area (Å²) in [5, 5.41) is 7.00. The van der Waals surface area contributed by atoms with Crippen LogP contribution in [0.5, 0.6) is 0 Å². The van der Waals surface area contributed by atoms with Gasteiger partial charge in [-0.05, 0) is 35.8 Å². The molecule has 5 rings (SSSR count). The zero-order valence-corrected chi connectivity index (χ0v) is 19.3. The summed E-state index contributed by atoms with van der Waals surface area (Å²) in [6.45, 7) is 1.94. The van der Waals surface area contributed by atoms with Crippen LogP contribution in [0.2, 0.25) is 0 Å². The Kier molecular flexibility index (Phi) is 6.18. The zero-order chi connectivity index (χ0) is 25.3. The number of amides is 1. The van der Waals surface area contributed by atoms with E-state index in [1.165, 1.54) is 12.1 Å². The highest BCUT2D eigenvalue weighted by Crippen LogP contribution is 2.47. The fourth-order valence-corrected chi connectivity index (χ4v) is 4.28. The number of halogens is 3. The van der Waals surface area contributed by atoms with Gasteiger partial charge in [0.1, 0.15) is 6.04 Å². The third-order valence-corrected chi connectivity index (χ3v) is 6.22. The van der Waals surface area contributed by atoms with E-state index in [9.17, 15) is 18.0 Å². The van der Waals surface area contributed by atoms with Crippen LogP contribution in [0, 0.1) is 5.92 Å². The molecule has 0 bridgehead atoms. The zero-order valence-electron chi connectivity index (χ0n) is 19.3. The number of aromatic nitrogens is 2. The summed E-state index contributed by atoms with van der Waals surface area (Å²) in [5.41, 5.74) is 3.60. The van der Waals surface area contributed by atoms with Crippen LogP contribution in [0.1, 0.15) is 35.5 Å². The highest BCUT2D eigenvalue weighted by molar-refractivity contribution is 6.06. The lowest BCUT2D eigenvalue weighted by Gasteiger charge is -2.16. The smallest absolute Gasteiger partial charge is 0.343 e. The molecule has 0 spiro atoms. The van der Waals surface area contributed by atoms with Crippen LogP contribution in [0.25, 0.3) is 17.0 Å². The molecular weight excluding hydrogens is 467 g/mol. The SMILES string of the molecule is CC1=C(c2ccccc2)C1C(=O)NC(Cc1ccccc1)c1nc(-c2ccc(C(F)(F)F)cc2)no1. The van der Waals surface area contributed by atoms with Gasteiger partial charge in [0.15, 0.2) is 0 Å². The highest BCUT2D eigenvalue weighted by atomic mass is 19.4. The summed E-state index contributed by atoms with van der Waals surface area (Å²) in [6.07, 6.45) is -4.02. The molecule has 3 aromatic carbocycles. The molecular formula is C28H22F3N3O2. The van der Waals surface area contributed by atoms with E-state index in [0.29, 0.717) is 12.0 Å². The topological polar surface area (TPSA) is 68.0 Å². The van der Waals surface area contributed by atoms with Crippen LogP contribution in [-0.2, 0) is 17.4 Å². The Hall–Kier alpha value is -4.20. The van der Waals surface area contributed by atoms with E-state index in [-0.39, 0.29) is 23.5 Å². The second kappa shape index (κ2) is 9.45. The molecule has 0 saturated heterocycles. The quantitative estimate of drug-likeness (QED) is 0.333. The van der Waals surface area contributed by atoms with Gasteiger partial charge < -0.3 is 9.84 Å². The van der Waals surface area contributed by atoms with E-state index in [1.807, 2.05) is 67.6 Å². The van der Waals surface area contributed by atoms with E-state index in [0.717, 1.165) is 34.4 Å². The Morgan fingerprint density at radius 2 is 1.58 bits per heavy atom. The van der Waals surface area contributed by atoms with Gasteiger partial charge >= 0.3 is 6.18 Å². The largest absolute Gasteiger partial charge is 0.416 e. The number of nitrogens with zero attached hydrogens (tertiary/aromatic N) is 2. The number of hydrogen-bond acceptors (Lipinski definition) is 4. The van der Waals surface area contributed by atoms with Crippen molar-refractivity contribution in [1.82, 2.24) is 15.5 Å². The van der Waals surface area contributed by atoms with Crippen molar-refractivity contribution in [2.45, 2.75) is 25.6 Å². The van der Waals surface area contributed by atoms with Gasteiger partial charge in [0.05, 0.1) is 11.5 Å². The van der Waals surface area contributed by atoms with E-state index in [1.54, 1.807) is 0 Å². The third kappa shape index (κ3) is 4.93. The first-order valence-corrected chi connectivity index (χ1v) is 11.4. The third-order valence-electron chi connectivity index (χ3n) is 6.22. The van der Waals surface area contributed by atoms with Crippen molar-refractivity contribution >= 4 is 11.5 Å². The summed E-state index contributed by atoms with van der Waals surface area (Å²) in [7, 11) is 0. The van der Waals surface area contributed by atoms with Gasteiger partial charge in [0.25, 0.3) is 0 Å². The second-order valence-electron chi connectivity index (χ2n) is 8.68. The van der Waals surface area contributed by atoms with Gasteiger partial charge in [-0.1, -0.05) is 83.5 Å². The van der Waals surface area contributed by atoms with Gasteiger partial charge in [-0.15, -0.1) is 0 Å². The molecule has 1 amide bonds. The molecule has 0 aliphatic heterocycles. The first kappa shape index (κ1) is 23.5. The lowest BCUT2D eigenvalue weighted by atomic mass is 10.0. The fraction of sp³-hybridized carbons (Fsp3) is 0.179. The number of alkyl halides is 3. The molecule has 2 atom stereocenters. The summed E-state index contributed by atoms with van der Waals surface area (Å²) >= 11 is 0. The molecule has 1 N–H and O–H groups in total. The molecule has 4 aromatic rings. The van der Waals surface area contributed by atoms with Crippen molar-refractivity contribution in [2.24, 2.45) is 5.92 Å². The molecule has 1 aliphatic rings. The maximum absolute atomic E-state index is 13.2. The van der Waals surface area contributed by atoms with Crippen molar-refractivity contribution in [3.8, 4) is 11.4 Å².